The number of hydrogen-bond acceptors (Lipinski definition) is 4. The maximum absolute atomic E-state index is 12.2. The van der Waals surface area contributed by atoms with Crippen LogP contribution in [0.2, 0.25) is 0 Å². The minimum Gasteiger partial charge on any atom is -0.492 e. The molecule has 0 aliphatic heterocycles. The zero-order valence-corrected chi connectivity index (χ0v) is 14.1. The Labute approximate surface area is 144 Å². The maximum atomic E-state index is 12.2. The Morgan fingerprint density at radius 2 is 2.00 bits per heavy atom. The SMILES string of the molecule is CN(C)CCOc1cccc2[nH]c(-c3ccc(C(N)=O)[nH]c3=O)cc12. The molecule has 0 aliphatic carbocycles. The van der Waals surface area contributed by atoms with E-state index < -0.39 is 5.91 Å². The fourth-order valence-electron chi connectivity index (χ4n) is 2.57. The molecule has 0 saturated carbocycles. The second-order valence-electron chi connectivity index (χ2n) is 6.03. The molecule has 0 radical (unpaired) electrons. The van der Waals surface area contributed by atoms with E-state index in [9.17, 15) is 9.59 Å². The maximum Gasteiger partial charge on any atom is 0.265 e. The smallest absolute Gasteiger partial charge is 0.265 e. The van der Waals surface area contributed by atoms with Gasteiger partial charge in [0.1, 0.15) is 18.1 Å². The third kappa shape index (κ3) is 3.56. The largest absolute Gasteiger partial charge is 0.492 e. The summed E-state index contributed by atoms with van der Waals surface area (Å²) in [7, 11) is 3.97. The average molecular weight is 340 g/mol. The first-order valence-corrected chi connectivity index (χ1v) is 7.88. The number of carbonyl (C=O) groups is 1. The molecule has 0 spiro atoms. The van der Waals surface area contributed by atoms with Gasteiger partial charge in [0.15, 0.2) is 0 Å². The van der Waals surface area contributed by atoms with Crippen molar-refractivity contribution < 1.29 is 9.53 Å². The van der Waals surface area contributed by atoms with E-state index in [-0.39, 0.29) is 11.3 Å². The molecule has 4 N–H and O–H groups in total. The number of rotatable bonds is 6. The Kier molecular flexibility index (Phi) is 4.58. The van der Waals surface area contributed by atoms with Crippen LogP contribution in [0.4, 0.5) is 0 Å². The number of benzene rings is 1. The van der Waals surface area contributed by atoms with Crippen molar-refractivity contribution in [3.63, 3.8) is 0 Å². The highest BCUT2D eigenvalue weighted by Gasteiger charge is 2.12. The van der Waals surface area contributed by atoms with Crippen molar-refractivity contribution in [1.82, 2.24) is 14.9 Å². The fraction of sp³-hybridized carbons (Fsp3) is 0.222. The second kappa shape index (κ2) is 6.82. The van der Waals surface area contributed by atoms with Gasteiger partial charge in [0.2, 0.25) is 0 Å². The van der Waals surface area contributed by atoms with Crippen molar-refractivity contribution in [2.75, 3.05) is 27.2 Å². The Hall–Kier alpha value is -3.06. The summed E-state index contributed by atoms with van der Waals surface area (Å²) in [6.45, 7) is 1.38. The standard InChI is InChI=1S/C18H20N4O3/c1-22(2)8-9-25-16-5-3-4-13-12(16)10-15(20-13)11-6-7-14(17(19)23)21-18(11)24/h3-7,10,20H,8-9H2,1-2H3,(H2,19,23)(H,21,24). The number of carbonyl (C=O) groups excluding carboxylic acids is 1. The predicted molar refractivity (Wildman–Crippen MR) is 96.9 cm³/mol. The molecule has 25 heavy (non-hydrogen) atoms. The zero-order chi connectivity index (χ0) is 18.0. The Bertz CT molecular complexity index is 972. The van der Waals surface area contributed by atoms with E-state index in [4.69, 9.17) is 10.5 Å². The molecule has 7 heteroatoms. The van der Waals surface area contributed by atoms with Gasteiger partial charge in [-0.25, -0.2) is 0 Å². The minimum absolute atomic E-state index is 0.0811. The topological polar surface area (TPSA) is 104 Å². The first-order valence-electron chi connectivity index (χ1n) is 7.88. The molecule has 0 atom stereocenters. The van der Waals surface area contributed by atoms with Crippen LogP contribution in [0.5, 0.6) is 5.75 Å². The molecule has 3 aromatic rings. The summed E-state index contributed by atoms with van der Waals surface area (Å²) in [5.41, 5.74) is 6.84. The van der Waals surface area contributed by atoms with E-state index in [1.54, 1.807) is 6.07 Å². The van der Waals surface area contributed by atoms with E-state index in [0.29, 0.717) is 17.9 Å². The first-order chi connectivity index (χ1) is 12.0. The molecule has 0 unspecified atom stereocenters. The van der Waals surface area contributed by atoms with Crippen molar-refractivity contribution in [2.24, 2.45) is 5.73 Å². The molecule has 2 heterocycles. The van der Waals surface area contributed by atoms with Crippen LogP contribution in [0, 0.1) is 0 Å². The third-order valence-corrected chi connectivity index (χ3v) is 3.89. The Morgan fingerprint density at radius 3 is 2.68 bits per heavy atom. The van der Waals surface area contributed by atoms with Crippen molar-refractivity contribution in [1.29, 1.82) is 0 Å². The van der Waals surface area contributed by atoms with E-state index in [1.165, 1.54) is 6.07 Å². The minimum atomic E-state index is -0.670. The van der Waals surface area contributed by atoms with Crippen LogP contribution in [-0.4, -0.2) is 48.0 Å². The van der Waals surface area contributed by atoms with E-state index in [1.807, 2.05) is 43.3 Å². The van der Waals surface area contributed by atoms with Crippen LogP contribution in [0.15, 0.2) is 41.2 Å². The number of aromatic nitrogens is 2. The quantitative estimate of drug-likeness (QED) is 0.633. The van der Waals surface area contributed by atoms with E-state index in [2.05, 4.69) is 9.97 Å². The summed E-state index contributed by atoms with van der Waals surface area (Å²) in [6, 6.07) is 10.7. The lowest BCUT2D eigenvalue weighted by Gasteiger charge is -2.11. The zero-order valence-electron chi connectivity index (χ0n) is 14.1. The molecule has 3 rings (SSSR count). The van der Waals surface area contributed by atoms with Crippen LogP contribution in [0.1, 0.15) is 10.5 Å². The fourth-order valence-corrected chi connectivity index (χ4v) is 2.57. The summed E-state index contributed by atoms with van der Waals surface area (Å²) < 4.78 is 5.85. The van der Waals surface area contributed by atoms with Gasteiger partial charge in [-0.3, -0.25) is 9.59 Å². The summed E-state index contributed by atoms with van der Waals surface area (Å²) in [6.07, 6.45) is 0. The molecule has 0 saturated heterocycles. The second-order valence-corrected chi connectivity index (χ2v) is 6.03. The summed E-state index contributed by atoms with van der Waals surface area (Å²) >= 11 is 0. The van der Waals surface area contributed by atoms with Gasteiger partial charge in [-0.2, -0.15) is 0 Å². The van der Waals surface area contributed by atoms with Gasteiger partial charge in [-0.1, -0.05) is 6.07 Å². The number of fused-ring (bicyclic) bond motifs is 1. The number of H-pyrrole nitrogens is 2. The molecule has 130 valence electrons. The Morgan fingerprint density at radius 1 is 1.20 bits per heavy atom. The number of nitrogens with one attached hydrogen (secondary N) is 2. The van der Waals surface area contributed by atoms with Crippen molar-refractivity contribution in [3.8, 4) is 17.0 Å². The van der Waals surface area contributed by atoms with Gasteiger partial charge in [0.05, 0.1) is 11.3 Å². The van der Waals surface area contributed by atoms with Crippen molar-refractivity contribution >= 4 is 16.8 Å². The number of nitrogens with two attached hydrogens (primary N) is 1. The highest BCUT2D eigenvalue weighted by molar-refractivity contribution is 5.92. The van der Waals surface area contributed by atoms with Gasteiger partial charge in [0.25, 0.3) is 11.5 Å². The van der Waals surface area contributed by atoms with Crippen LogP contribution < -0.4 is 16.0 Å². The number of ether oxygens (including phenoxy) is 1. The monoisotopic (exact) mass is 340 g/mol. The summed E-state index contributed by atoms with van der Waals surface area (Å²) in [5.74, 6) is 0.0870. The van der Waals surface area contributed by atoms with E-state index >= 15 is 0 Å². The number of hydrogen-bond donors (Lipinski definition) is 3. The van der Waals surface area contributed by atoms with Gasteiger partial charge < -0.3 is 25.3 Å². The molecule has 0 bridgehead atoms. The molecule has 1 aromatic carbocycles. The van der Waals surface area contributed by atoms with Crippen molar-refractivity contribution in [2.45, 2.75) is 0 Å². The molecular weight excluding hydrogens is 320 g/mol. The highest BCUT2D eigenvalue weighted by atomic mass is 16.5. The normalized spacial score (nSPS) is 11.2. The van der Waals surface area contributed by atoms with Crippen LogP contribution in [-0.2, 0) is 0 Å². The molecule has 0 fully saturated rings. The number of amides is 1. The van der Waals surface area contributed by atoms with Gasteiger partial charge in [-0.15, -0.1) is 0 Å². The lowest BCUT2D eigenvalue weighted by molar-refractivity contribution is 0.0995. The first kappa shape index (κ1) is 16.8. The number of likely N-dealkylation sites (N-methyl/N-ethyl adjacent to an activating group) is 1. The molecule has 2 aromatic heterocycles. The lowest BCUT2D eigenvalue weighted by atomic mass is 10.1. The van der Waals surface area contributed by atoms with Crippen LogP contribution in [0.3, 0.4) is 0 Å². The van der Waals surface area contributed by atoms with Gasteiger partial charge in [0, 0.05) is 17.4 Å². The predicted octanol–water partition coefficient (Wildman–Crippen LogP) is 1.56. The molecule has 0 aliphatic rings. The highest BCUT2D eigenvalue weighted by Crippen LogP contribution is 2.29. The Balaban J connectivity index is 1.96. The molecule has 1 amide bonds. The molecular formula is C18H20N4O3. The number of nitrogens with zero attached hydrogens (tertiary/aromatic N) is 1. The van der Waals surface area contributed by atoms with Gasteiger partial charge >= 0.3 is 0 Å². The summed E-state index contributed by atoms with van der Waals surface area (Å²) in [4.78, 5) is 31.1. The van der Waals surface area contributed by atoms with E-state index in [0.717, 1.165) is 23.2 Å². The van der Waals surface area contributed by atoms with Crippen LogP contribution in [0.25, 0.3) is 22.2 Å². The average Bonchev–Trinajstić information content (AvgIpc) is 2.99. The number of primary amides is 1. The lowest BCUT2D eigenvalue weighted by Crippen LogP contribution is -2.19. The third-order valence-electron chi connectivity index (χ3n) is 3.89. The number of pyridine rings is 1. The summed E-state index contributed by atoms with van der Waals surface area (Å²) in [5, 5.41) is 0.898. The van der Waals surface area contributed by atoms with Gasteiger partial charge in [-0.05, 0) is 44.4 Å². The van der Waals surface area contributed by atoms with Crippen molar-refractivity contribution in [3.05, 3.63) is 52.4 Å². The number of aromatic amines is 2. The molecule has 7 nitrogen and oxygen atoms in total. The van der Waals surface area contributed by atoms with Crippen LogP contribution >= 0.6 is 0 Å².